The Bertz CT molecular complexity index is 1340. The van der Waals surface area contributed by atoms with E-state index in [9.17, 15) is 17.8 Å². The van der Waals surface area contributed by atoms with Crippen molar-refractivity contribution < 1.29 is 17.7 Å². The number of methoxy groups -OCH3 is 1. The SMILES string of the molecule is COc1ccc(-n2cnc(=O)c3c(-c4ccccc4)csc32)cc1S(=O)(=O)O. The first-order chi connectivity index (χ1) is 13.4. The van der Waals surface area contributed by atoms with Crippen molar-refractivity contribution in [3.63, 3.8) is 0 Å². The van der Waals surface area contributed by atoms with Crippen LogP contribution in [0.2, 0.25) is 0 Å². The molecule has 0 aliphatic carbocycles. The third-order valence-electron chi connectivity index (χ3n) is 4.28. The van der Waals surface area contributed by atoms with Crippen molar-refractivity contribution in [1.82, 2.24) is 9.55 Å². The predicted molar refractivity (Wildman–Crippen MR) is 107 cm³/mol. The third-order valence-corrected chi connectivity index (χ3v) is 6.14. The molecular formula is C19H14N2O5S2. The minimum Gasteiger partial charge on any atom is -0.495 e. The van der Waals surface area contributed by atoms with Crippen molar-refractivity contribution in [2.24, 2.45) is 0 Å². The van der Waals surface area contributed by atoms with E-state index < -0.39 is 10.1 Å². The highest BCUT2D eigenvalue weighted by atomic mass is 32.2. The number of ether oxygens (including phenoxy) is 1. The summed E-state index contributed by atoms with van der Waals surface area (Å²) in [4.78, 5) is 16.7. The summed E-state index contributed by atoms with van der Waals surface area (Å²) in [5.41, 5.74) is 1.71. The number of hydrogen-bond acceptors (Lipinski definition) is 6. The zero-order chi connectivity index (χ0) is 19.9. The molecule has 142 valence electrons. The molecule has 0 radical (unpaired) electrons. The maximum absolute atomic E-state index is 12.5. The van der Waals surface area contributed by atoms with Gasteiger partial charge >= 0.3 is 0 Å². The molecule has 0 unspecified atom stereocenters. The highest BCUT2D eigenvalue weighted by Gasteiger charge is 2.19. The van der Waals surface area contributed by atoms with Crippen LogP contribution in [0.15, 0.2) is 69.9 Å². The summed E-state index contributed by atoms with van der Waals surface area (Å²) < 4.78 is 39.5. The fourth-order valence-corrected chi connectivity index (χ4v) is 4.73. The quantitative estimate of drug-likeness (QED) is 0.514. The second-order valence-corrected chi connectivity index (χ2v) is 8.17. The summed E-state index contributed by atoms with van der Waals surface area (Å²) in [6, 6.07) is 13.8. The summed E-state index contributed by atoms with van der Waals surface area (Å²) in [7, 11) is -3.18. The first-order valence-corrected chi connectivity index (χ1v) is 10.4. The topological polar surface area (TPSA) is 98.5 Å². The molecule has 4 rings (SSSR count). The van der Waals surface area contributed by atoms with Crippen molar-refractivity contribution in [1.29, 1.82) is 0 Å². The maximum atomic E-state index is 12.5. The summed E-state index contributed by atoms with van der Waals surface area (Å²) in [6.45, 7) is 0. The fourth-order valence-electron chi connectivity index (χ4n) is 2.99. The number of fused-ring (bicyclic) bond motifs is 1. The first kappa shape index (κ1) is 18.4. The van der Waals surface area contributed by atoms with Crippen molar-refractivity contribution in [3.05, 3.63) is 70.6 Å². The molecule has 1 N–H and O–H groups in total. The van der Waals surface area contributed by atoms with E-state index in [1.165, 1.54) is 36.9 Å². The Morgan fingerprint density at radius 2 is 1.89 bits per heavy atom. The summed E-state index contributed by atoms with van der Waals surface area (Å²) >= 11 is 1.35. The number of aromatic nitrogens is 2. The van der Waals surface area contributed by atoms with Crippen LogP contribution >= 0.6 is 11.3 Å². The molecule has 2 heterocycles. The summed E-state index contributed by atoms with van der Waals surface area (Å²) in [5.74, 6) is 0.0210. The standard InChI is InChI=1S/C19H14N2O5S2/c1-26-15-8-7-13(9-16(15)28(23,24)25)21-11-20-18(22)17-14(10-27-19(17)21)12-5-3-2-4-6-12/h2-11H,1H3,(H,23,24,25). The number of thiophene rings is 1. The lowest BCUT2D eigenvalue weighted by Crippen LogP contribution is -2.11. The Kier molecular flexibility index (Phi) is 4.50. The van der Waals surface area contributed by atoms with Gasteiger partial charge in [-0.3, -0.25) is 13.9 Å². The van der Waals surface area contributed by atoms with Gasteiger partial charge in [0.15, 0.2) is 0 Å². The van der Waals surface area contributed by atoms with Crippen LogP contribution in [0, 0.1) is 0 Å². The lowest BCUT2D eigenvalue weighted by atomic mass is 10.1. The van der Waals surface area contributed by atoms with Gasteiger partial charge < -0.3 is 4.74 Å². The van der Waals surface area contributed by atoms with Crippen LogP contribution in [0.3, 0.4) is 0 Å². The van der Waals surface area contributed by atoms with Crippen LogP contribution in [0.4, 0.5) is 0 Å². The second kappa shape index (κ2) is 6.86. The lowest BCUT2D eigenvalue weighted by molar-refractivity contribution is 0.397. The maximum Gasteiger partial charge on any atom is 0.298 e. The molecule has 2 aromatic carbocycles. The number of rotatable bonds is 4. The monoisotopic (exact) mass is 414 g/mol. The highest BCUT2D eigenvalue weighted by molar-refractivity contribution is 7.86. The van der Waals surface area contributed by atoms with Crippen molar-refractivity contribution in [3.8, 4) is 22.6 Å². The predicted octanol–water partition coefficient (Wildman–Crippen LogP) is 3.37. The van der Waals surface area contributed by atoms with E-state index in [1.54, 1.807) is 10.6 Å². The fraction of sp³-hybridized carbons (Fsp3) is 0.0526. The molecule has 0 atom stereocenters. The van der Waals surface area contributed by atoms with Crippen molar-refractivity contribution in [2.75, 3.05) is 7.11 Å². The Balaban J connectivity index is 1.98. The normalized spacial score (nSPS) is 11.6. The van der Waals surface area contributed by atoms with E-state index in [4.69, 9.17) is 4.74 Å². The van der Waals surface area contributed by atoms with Gasteiger partial charge in [0.2, 0.25) is 0 Å². The van der Waals surface area contributed by atoms with E-state index >= 15 is 0 Å². The Labute approximate surface area is 164 Å². The van der Waals surface area contributed by atoms with Gasteiger partial charge in [-0.25, -0.2) is 0 Å². The van der Waals surface area contributed by atoms with E-state index in [1.807, 2.05) is 35.7 Å². The van der Waals surface area contributed by atoms with Crippen LogP contribution in [-0.4, -0.2) is 29.6 Å². The molecule has 0 aliphatic rings. The van der Waals surface area contributed by atoms with Crippen LogP contribution in [0.25, 0.3) is 27.0 Å². The van der Waals surface area contributed by atoms with Gasteiger partial charge in [0.05, 0.1) is 12.5 Å². The van der Waals surface area contributed by atoms with Crippen molar-refractivity contribution >= 4 is 31.7 Å². The van der Waals surface area contributed by atoms with E-state index in [-0.39, 0.29) is 16.2 Å². The van der Waals surface area contributed by atoms with Crippen LogP contribution in [-0.2, 0) is 10.1 Å². The smallest absolute Gasteiger partial charge is 0.298 e. The summed E-state index contributed by atoms with van der Waals surface area (Å²) in [6.07, 6.45) is 1.34. The molecule has 0 saturated carbocycles. The molecule has 0 bridgehead atoms. The van der Waals surface area contributed by atoms with Gasteiger partial charge in [-0.15, -0.1) is 11.3 Å². The molecule has 9 heteroatoms. The molecule has 0 saturated heterocycles. The molecule has 0 aliphatic heterocycles. The molecule has 0 spiro atoms. The molecule has 0 amide bonds. The average Bonchev–Trinajstić information content (AvgIpc) is 3.14. The average molecular weight is 414 g/mol. The second-order valence-electron chi connectivity index (χ2n) is 5.93. The first-order valence-electron chi connectivity index (χ1n) is 8.10. The highest BCUT2D eigenvalue weighted by Crippen LogP contribution is 2.34. The van der Waals surface area contributed by atoms with Gasteiger partial charge in [-0.2, -0.15) is 13.4 Å². The van der Waals surface area contributed by atoms with Gasteiger partial charge in [-0.05, 0) is 23.8 Å². The van der Waals surface area contributed by atoms with Crippen LogP contribution < -0.4 is 10.3 Å². The molecule has 0 fully saturated rings. The van der Waals surface area contributed by atoms with E-state index in [0.29, 0.717) is 15.9 Å². The Morgan fingerprint density at radius 3 is 2.57 bits per heavy atom. The lowest BCUT2D eigenvalue weighted by Gasteiger charge is -2.11. The van der Waals surface area contributed by atoms with Gasteiger partial charge in [0.1, 0.15) is 21.8 Å². The number of nitrogens with zero attached hydrogens (tertiary/aromatic N) is 2. The van der Waals surface area contributed by atoms with Gasteiger partial charge in [-0.1, -0.05) is 30.3 Å². The molecule has 7 nitrogen and oxygen atoms in total. The molecule has 2 aromatic heterocycles. The minimum atomic E-state index is -4.49. The third kappa shape index (κ3) is 3.09. The van der Waals surface area contributed by atoms with Crippen LogP contribution in [0.1, 0.15) is 0 Å². The minimum absolute atomic E-state index is 0.0210. The molecule has 4 aromatic rings. The Hall–Kier alpha value is -3.01. The van der Waals surface area contributed by atoms with E-state index in [0.717, 1.165) is 11.1 Å². The summed E-state index contributed by atoms with van der Waals surface area (Å²) in [5, 5.41) is 2.32. The van der Waals surface area contributed by atoms with E-state index in [2.05, 4.69) is 4.98 Å². The number of hydrogen-bond donors (Lipinski definition) is 1. The largest absolute Gasteiger partial charge is 0.495 e. The van der Waals surface area contributed by atoms with Gasteiger partial charge in [0, 0.05) is 16.6 Å². The van der Waals surface area contributed by atoms with Gasteiger partial charge in [0.25, 0.3) is 15.7 Å². The zero-order valence-corrected chi connectivity index (χ0v) is 16.2. The molecular weight excluding hydrogens is 400 g/mol. The number of benzene rings is 2. The Morgan fingerprint density at radius 1 is 1.14 bits per heavy atom. The zero-order valence-electron chi connectivity index (χ0n) is 14.6. The van der Waals surface area contributed by atoms with Crippen molar-refractivity contribution in [2.45, 2.75) is 4.90 Å². The molecule has 28 heavy (non-hydrogen) atoms. The van der Waals surface area contributed by atoms with Crippen LogP contribution in [0.5, 0.6) is 5.75 Å².